The lowest BCUT2D eigenvalue weighted by Gasteiger charge is -2.32. The molecule has 1 saturated heterocycles. The van der Waals surface area contributed by atoms with Gasteiger partial charge in [0.05, 0.1) is 13.5 Å². The lowest BCUT2D eigenvalue weighted by atomic mass is 9.88. The maximum Gasteiger partial charge on any atom is 0.307 e. The number of esters is 1. The van der Waals surface area contributed by atoms with E-state index in [1.165, 1.54) is 7.11 Å². The molecule has 5 heteroatoms. The Hall–Kier alpha value is -0.320. The van der Waals surface area contributed by atoms with Crippen molar-refractivity contribution in [1.82, 2.24) is 0 Å². The number of carbonyl (C=O) groups excluding carboxylic acids is 1. The summed E-state index contributed by atoms with van der Waals surface area (Å²) in [6, 6.07) is 0. The van der Waals surface area contributed by atoms with Gasteiger partial charge in [0.15, 0.2) is 0 Å². The topological polar surface area (TPSA) is 61.5 Å². The van der Waals surface area contributed by atoms with Crippen LogP contribution in [0.2, 0.25) is 0 Å². The second-order valence-electron chi connectivity index (χ2n) is 3.23. The Balaban J connectivity index is 0.00000144. The fourth-order valence-electron chi connectivity index (χ4n) is 1.31. The predicted octanol–water partition coefficient (Wildman–Crippen LogP) is 0.479. The third kappa shape index (κ3) is 3.93. The van der Waals surface area contributed by atoms with E-state index in [0.717, 1.165) is 12.8 Å². The Kier molecular flexibility index (Phi) is 5.29. The van der Waals surface area contributed by atoms with Gasteiger partial charge < -0.3 is 15.2 Å². The van der Waals surface area contributed by atoms with Crippen LogP contribution in [0.1, 0.15) is 19.3 Å². The molecule has 0 atom stereocenters. The first kappa shape index (κ1) is 12.7. The monoisotopic (exact) mass is 209 g/mol. The molecule has 0 saturated carbocycles. The number of nitrogens with two attached hydrogens (primary N) is 1. The van der Waals surface area contributed by atoms with Crippen LogP contribution in [-0.4, -0.2) is 31.8 Å². The highest BCUT2D eigenvalue weighted by atomic mass is 35.5. The summed E-state index contributed by atoms with van der Waals surface area (Å²) in [6.07, 6.45) is 1.77. The van der Waals surface area contributed by atoms with Crippen LogP contribution in [0.5, 0.6) is 0 Å². The quantitative estimate of drug-likeness (QED) is 0.672. The third-order valence-electron chi connectivity index (χ3n) is 2.21. The van der Waals surface area contributed by atoms with Crippen LogP contribution in [0.15, 0.2) is 0 Å². The molecule has 0 aromatic carbocycles. The number of rotatable bonds is 2. The zero-order chi connectivity index (χ0) is 9.03. The molecule has 0 radical (unpaired) electrons. The molecule has 0 aromatic rings. The van der Waals surface area contributed by atoms with Crippen molar-refractivity contribution in [1.29, 1.82) is 0 Å². The number of ether oxygens (including phenoxy) is 2. The van der Waals surface area contributed by atoms with Crippen LogP contribution in [0, 0.1) is 0 Å². The summed E-state index contributed by atoms with van der Waals surface area (Å²) in [5.74, 6) is -0.237. The van der Waals surface area contributed by atoms with Gasteiger partial charge in [-0.05, 0) is 12.8 Å². The van der Waals surface area contributed by atoms with Crippen LogP contribution in [0.4, 0.5) is 0 Å². The van der Waals surface area contributed by atoms with Gasteiger partial charge >= 0.3 is 5.97 Å². The van der Waals surface area contributed by atoms with E-state index in [9.17, 15) is 4.79 Å². The fourth-order valence-corrected chi connectivity index (χ4v) is 1.31. The van der Waals surface area contributed by atoms with Crippen LogP contribution < -0.4 is 5.73 Å². The highest BCUT2D eigenvalue weighted by molar-refractivity contribution is 5.85. The zero-order valence-corrected chi connectivity index (χ0v) is 8.56. The van der Waals surface area contributed by atoms with Crippen molar-refractivity contribution in [2.24, 2.45) is 5.73 Å². The van der Waals surface area contributed by atoms with Gasteiger partial charge in [-0.25, -0.2) is 0 Å². The molecule has 0 aliphatic carbocycles. The predicted molar refractivity (Wildman–Crippen MR) is 50.9 cm³/mol. The molecular weight excluding hydrogens is 194 g/mol. The van der Waals surface area contributed by atoms with Crippen molar-refractivity contribution in [3.63, 3.8) is 0 Å². The lowest BCUT2D eigenvalue weighted by molar-refractivity contribution is -0.142. The van der Waals surface area contributed by atoms with Crippen molar-refractivity contribution in [3.8, 4) is 0 Å². The van der Waals surface area contributed by atoms with Gasteiger partial charge in [0.25, 0.3) is 0 Å². The number of methoxy groups -OCH3 is 1. The van der Waals surface area contributed by atoms with E-state index >= 15 is 0 Å². The third-order valence-corrected chi connectivity index (χ3v) is 2.21. The molecule has 0 unspecified atom stereocenters. The van der Waals surface area contributed by atoms with E-state index in [4.69, 9.17) is 10.5 Å². The average molecular weight is 210 g/mol. The van der Waals surface area contributed by atoms with Crippen LogP contribution >= 0.6 is 12.4 Å². The summed E-state index contributed by atoms with van der Waals surface area (Å²) in [4.78, 5) is 10.9. The smallest absolute Gasteiger partial charge is 0.307 e. The minimum Gasteiger partial charge on any atom is -0.469 e. The van der Waals surface area contributed by atoms with Crippen molar-refractivity contribution >= 4 is 18.4 Å². The van der Waals surface area contributed by atoms with Crippen molar-refractivity contribution in [2.45, 2.75) is 24.8 Å². The van der Waals surface area contributed by atoms with Crippen molar-refractivity contribution < 1.29 is 14.3 Å². The minimum absolute atomic E-state index is 0. The molecule has 4 nitrogen and oxygen atoms in total. The Bertz CT molecular complexity index is 169. The van der Waals surface area contributed by atoms with E-state index in [1.54, 1.807) is 0 Å². The maximum absolute atomic E-state index is 10.9. The zero-order valence-electron chi connectivity index (χ0n) is 7.75. The summed E-state index contributed by atoms with van der Waals surface area (Å²) >= 11 is 0. The van der Waals surface area contributed by atoms with E-state index < -0.39 is 5.54 Å². The highest BCUT2D eigenvalue weighted by Crippen LogP contribution is 2.21. The fraction of sp³-hybridized carbons (Fsp3) is 0.875. The minimum atomic E-state index is -0.397. The normalized spacial score (nSPS) is 20.2. The molecule has 0 bridgehead atoms. The first-order valence-corrected chi connectivity index (χ1v) is 4.10. The first-order chi connectivity index (χ1) is 5.66. The molecule has 0 aromatic heterocycles. The van der Waals surface area contributed by atoms with Gasteiger partial charge in [-0.3, -0.25) is 4.79 Å². The van der Waals surface area contributed by atoms with Crippen molar-refractivity contribution in [3.05, 3.63) is 0 Å². The van der Waals surface area contributed by atoms with E-state index in [0.29, 0.717) is 19.6 Å². The largest absolute Gasteiger partial charge is 0.469 e. The number of hydrogen-bond acceptors (Lipinski definition) is 4. The number of halogens is 1. The molecule has 1 aliphatic heterocycles. The molecular formula is C8H16ClNO3. The maximum atomic E-state index is 10.9. The second kappa shape index (κ2) is 5.42. The van der Waals surface area contributed by atoms with Gasteiger partial charge in [0.1, 0.15) is 0 Å². The van der Waals surface area contributed by atoms with Gasteiger partial charge in [-0.1, -0.05) is 0 Å². The highest BCUT2D eigenvalue weighted by Gasteiger charge is 2.30. The van der Waals surface area contributed by atoms with Gasteiger partial charge in [0.2, 0.25) is 0 Å². The standard InChI is InChI=1S/C8H15NO3.ClH/c1-11-7(10)6-8(9)2-4-12-5-3-8;/h2-6,9H2,1H3;1H. The first-order valence-electron chi connectivity index (χ1n) is 4.10. The molecule has 13 heavy (non-hydrogen) atoms. The summed E-state index contributed by atoms with van der Waals surface area (Å²) in [7, 11) is 1.38. The Labute approximate surface area is 84.2 Å². The van der Waals surface area contributed by atoms with Crippen molar-refractivity contribution in [2.75, 3.05) is 20.3 Å². The Morgan fingerprint density at radius 3 is 2.54 bits per heavy atom. The SMILES string of the molecule is COC(=O)CC1(N)CCOCC1.Cl. The van der Waals surface area contributed by atoms with Crippen LogP contribution in [0.25, 0.3) is 0 Å². The van der Waals surface area contributed by atoms with Crippen LogP contribution in [-0.2, 0) is 14.3 Å². The molecule has 1 heterocycles. The summed E-state index contributed by atoms with van der Waals surface area (Å²) in [5, 5.41) is 0. The Morgan fingerprint density at radius 2 is 2.08 bits per heavy atom. The summed E-state index contributed by atoms with van der Waals surface area (Å²) < 4.78 is 9.71. The molecule has 78 valence electrons. The van der Waals surface area contributed by atoms with Gasteiger partial charge in [0, 0.05) is 18.8 Å². The summed E-state index contributed by atoms with van der Waals surface area (Å²) in [6.45, 7) is 1.29. The molecule has 0 amide bonds. The van der Waals surface area contributed by atoms with E-state index in [1.807, 2.05) is 0 Å². The second-order valence-corrected chi connectivity index (χ2v) is 3.23. The lowest BCUT2D eigenvalue weighted by Crippen LogP contribution is -2.46. The Morgan fingerprint density at radius 1 is 1.54 bits per heavy atom. The van der Waals surface area contributed by atoms with Crippen LogP contribution in [0.3, 0.4) is 0 Å². The average Bonchev–Trinajstić information content (AvgIpc) is 2.05. The molecule has 2 N–H and O–H groups in total. The number of hydrogen-bond donors (Lipinski definition) is 1. The van der Waals surface area contributed by atoms with Gasteiger partial charge in [-0.2, -0.15) is 0 Å². The molecule has 1 fully saturated rings. The molecule has 1 aliphatic rings. The van der Waals surface area contributed by atoms with E-state index in [2.05, 4.69) is 4.74 Å². The van der Waals surface area contributed by atoms with Gasteiger partial charge in [-0.15, -0.1) is 12.4 Å². The molecule has 0 spiro atoms. The molecule has 1 rings (SSSR count). The van der Waals surface area contributed by atoms with E-state index in [-0.39, 0.29) is 18.4 Å². The summed E-state index contributed by atoms with van der Waals surface area (Å²) in [5.41, 5.74) is 5.56. The number of carbonyl (C=O) groups is 1.